The Hall–Kier alpha value is -2.82. The molecule has 2 aromatic heterocycles. The number of nitrogens with one attached hydrogen (secondary N) is 1. The molecule has 4 rings (SSSR count). The van der Waals surface area contributed by atoms with Gasteiger partial charge in [0, 0.05) is 42.6 Å². The number of aromatic amines is 1. The van der Waals surface area contributed by atoms with Crippen LogP contribution in [0.1, 0.15) is 34.7 Å². The number of fused-ring (bicyclic) bond motifs is 1. The van der Waals surface area contributed by atoms with Crippen molar-refractivity contribution in [3.05, 3.63) is 60.0 Å². The summed E-state index contributed by atoms with van der Waals surface area (Å²) in [5.41, 5.74) is 3.12. The number of amides is 1. The first-order chi connectivity index (χ1) is 12.3. The third-order valence-electron chi connectivity index (χ3n) is 5.05. The normalized spacial score (nSPS) is 15.5. The predicted molar refractivity (Wildman–Crippen MR) is 97.0 cm³/mol. The number of hydrogen-bond acceptors (Lipinski definition) is 3. The number of piperidine rings is 1. The highest BCUT2D eigenvalue weighted by Gasteiger charge is 2.26. The van der Waals surface area contributed by atoms with Crippen molar-refractivity contribution < 1.29 is 9.53 Å². The van der Waals surface area contributed by atoms with Crippen LogP contribution in [0, 0.1) is 0 Å². The van der Waals surface area contributed by atoms with Crippen LogP contribution in [-0.4, -0.2) is 41.0 Å². The average molecular weight is 335 g/mol. The van der Waals surface area contributed by atoms with E-state index in [1.165, 1.54) is 10.9 Å². The number of ether oxygens (including phenoxy) is 1. The Morgan fingerprint density at radius 1 is 1.28 bits per heavy atom. The zero-order valence-corrected chi connectivity index (χ0v) is 14.2. The van der Waals surface area contributed by atoms with Crippen molar-refractivity contribution in [3.8, 4) is 5.75 Å². The summed E-state index contributed by atoms with van der Waals surface area (Å²) in [7, 11) is 1.69. The summed E-state index contributed by atoms with van der Waals surface area (Å²) >= 11 is 0. The third kappa shape index (κ3) is 2.97. The first kappa shape index (κ1) is 15.7. The Morgan fingerprint density at radius 3 is 2.84 bits per heavy atom. The topological polar surface area (TPSA) is 58.2 Å². The van der Waals surface area contributed by atoms with Crippen LogP contribution in [0.2, 0.25) is 0 Å². The van der Waals surface area contributed by atoms with Gasteiger partial charge in [0.05, 0.1) is 12.7 Å². The molecule has 3 heterocycles. The molecule has 0 bridgehead atoms. The standard InChI is InChI=1S/C20H21N3O2/c1-25-16-4-5-19-17(11-16)18(13-22-19)14-6-9-23(10-7-14)20(24)15-3-2-8-21-12-15/h2-5,8,11-14,22H,6-7,9-10H2,1H3. The summed E-state index contributed by atoms with van der Waals surface area (Å²) in [5, 5.41) is 1.22. The lowest BCUT2D eigenvalue weighted by Gasteiger charge is -2.32. The molecule has 1 N–H and O–H groups in total. The summed E-state index contributed by atoms with van der Waals surface area (Å²) in [6, 6.07) is 9.75. The van der Waals surface area contributed by atoms with Crippen LogP contribution in [0.5, 0.6) is 5.75 Å². The summed E-state index contributed by atoms with van der Waals surface area (Å²) < 4.78 is 5.36. The van der Waals surface area contributed by atoms with Crippen molar-refractivity contribution in [2.75, 3.05) is 20.2 Å². The van der Waals surface area contributed by atoms with Crippen molar-refractivity contribution >= 4 is 16.8 Å². The molecule has 5 nitrogen and oxygen atoms in total. The second kappa shape index (κ2) is 6.59. The maximum atomic E-state index is 12.6. The van der Waals surface area contributed by atoms with Gasteiger partial charge < -0.3 is 14.6 Å². The molecule has 0 spiro atoms. The number of carbonyl (C=O) groups excluding carboxylic acids is 1. The lowest BCUT2D eigenvalue weighted by Crippen LogP contribution is -2.37. The van der Waals surface area contributed by atoms with Crippen LogP contribution in [0.15, 0.2) is 48.9 Å². The van der Waals surface area contributed by atoms with Crippen molar-refractivity contribution in [1.29, 1.82) is 0 Å². The molecule has 0 atom stereocenters. The first-order valence-corrected chi connectivity index (χ1v) is 8.60. The van der Waals surface area contributed by atoms with Crippen LogP contribution < -0.4 is 4.74 Å². The van der Waals surface area contributed by atoms with Gasteiger partial charge in [0.2, 0.25) is 0 Å². The Bertz CT molecular complexity index is 880. The van der Waals surface area contributed by atoms with E-state index in [2.05, 4.69) is 28.3 Å². The summed E-state index contributed by atoms with van der Waals surface area (Å²) in [6.45, 7) is 1.55. The minimum atomic E-state index is 0.0761. The fraction of sp³-hybridized carbons (Fsp3) is 0.300. The number of carbonyl (C=O) groups is 1. The number of hydrogen-bond donors (Lipinski definition) is 1. The van der Waals surface area contributed by atoms with E-state index in [4.69, 9.17) is 4.74 Å². The fourth-order valence-electron chi connectivity index (χ4n) is 3.65. The van der Waals surface area contributed by atoms with Crippen LogP contribution in [-0.2, 0) is 0 Å². The highest BCUT2D eigenvalue weighted by atomic mass is 16.5. The molecule has 0 radical (unpaired) electrons. The van der Waals surface area contributed by atoms with E-state index in [1.807, 2.05) is 17.0 Å². The molecule has 1 saturated heterocycles. The molecule has 5 heteroatoms. The van der Waals surface area contributed by atoms with Gasteiger partial charge in [0.1, 0.15) is 5.75 Å². The largest absolute Gasteiger partial charge is 0.497 e. The number of benzene rings is 1. The minimum Gasteiger partial charge on any atom is -0.497 e. The highest BCUT2D eigenvalue weighted by molar-refractivity contribution is 5.94. The molecular formula is C20H21N3O2. The van der Waals surface area contributed by atoms with Crippen LogP contribution in [0.4, 0.5) is 0 Å². The highest BCUT2D eigenvalue weighted by Crippen LogP contribution is 2.34. The monoisotopic (exact) mass is 335 g/mol. The molecule has 1 aromatic carbocycles. The van der Waals surface area contributed by atoms with E-state index in [9.17, 15) is 4.79 Å². The van der Waals surface area contributed by atoms with Gasteiger partial charge in [0.25, 0.3) is 5.91 Å². The maximum absolute atomic E-state index is 12.6. The Labute approximate surface area is 146 Å². The van der Waals surface area contributed by atoms with Gasteiger partial charge in [0.15, 0.2) is 0 Å². The van der Waals surface area contributed by atoms with Crippen LogP contribution >= 0.6 is 0 Å². The predicted octanol–water partition coefficient (Wildman–Crippen LogP) is 3.59. The second-order valence-electron chi connectivity index (χ2n) is 6.46. The van der Waals surface area contributed by atoms with Crippen molar-refractivity contribution in [2.24, 2.45) is 0 Å². The molecule has 1 aliphatic rings. The number of methoxy groups -OCH3 is 1. The van der Waals surface area contributed by atoms with Gasteiger partial charge in [-0.1, -0.05) is 0 Å². The zero-order valence-electron chi connectivity index (χ0n) is 14.2. The quantitative estimate of drug-likeness (QED) is 0.796. The first-order valence-electron chi connectivity index (χ1n) is 8.60. The molecule has 25 heavy (non-hydrogen) atoms. The van der Waals surface area contributed by atoms with Crippen molar-refractivity contribution in [3.63, 3.8) is 0 Å². The molecule has 3 aromatic rings. The van der Waals surface area contributed by atoms with E-state index in [1.54, 1.807) is 25.6 Å². The van der Waals surface area contributed by atoms with E-state index < -0.39 is 0 Å². The summed E-state index contributed by atoms with van der Waals surface area (Å²) in [6.07, 6.45) is 7.37. The third-order valence-corrected chi connectivity index (χ3v) is 5.05. The molecule has 0 saturated carbocycles. The molecule has 1 amide bonds. The fourth-order valence-corrected chi connectivity index (χ4v) is 3.65. The maximum Gasteiger partial charge on any atom is 0.255 e. The summed E-state index contributed by atoms with van der Waals surface area (Å²) in [5.74, 6) is 1.41. The van der Waals surface area contributed by atoms with Crippen LogP contribution in [0.25, 0.3) is 10.9 Å². The van der Waals surface area contributed by atoms with E-state index >= 15 is 0 Å². The number of rotatable bonds is 3. The van der Waals surface area contributed by atoms with Gasteiger partial charge in [-0.25, -0.2) is 0 Å². The zero-order chi connectivity index (χ0) is 17.2. The Balaban J connectivity index is 1.50. The molecule has 1 fully saturated rings. The van der Waals surface area contributed by atoms with Gasteiger partial charge >= 0.3 is 0 Å². The Kier molecular flexibility index (Phi) is 4.14. The average Bonchev–Trinajstić information content (AvgIpc) is 3.11. The van der Waals surface area contributed by atoms with E-state index in [-0.39, 0.29) is 5.91 Å². The lowest BCUT2D eigenvalue weighted by atomic mass is 9.89. The molecule has 1 aliphatic heterocycles. The minimum absolute atomic E-state index is 0.0761. The number of H-pyrrole nitrogens is 1. The van der Waals surface area contributed by atoms with Crippen molar-refractivity contribution in [2.45, 2.75) is 18.8 Å². The Morgan fingerprint density at radius 2 is 2.12 bits per heavy atom. The van der Waals surface area contributed by atoms with Crippen LogP contribution in [0.3, 0.4) is 0 Å². The molecular weight excluding hydrogens is 314 g/mol. The summed E-state index contributed by atoms with van der Waals surface area (Å²) in [4.78, 5) is 21.9. The van der Waals surface area contributed by atoms with E-state index in [0.717, 1.165) is 37.2 Å². The molecule has 0 unspecified atom stereocenters. The lowest BCUT2D eigenvalue weighted by molar-refractivity contribution is 0.0713. The van der Waals surface area contributed by atoms with E-state index in [0.29, 0.717) is 11.5 Å². The SMILES string of the molecule is COc1ccc2[nH]cc(C3CCN(C(=O)c4cccnc4)CC3)c2c1. The van der Waals surface area contributed by atoms with Crippen molar-refractivity contribution in [1.82, 2.24) is 14.9 Å². The number of aromatic nitrogens is 2. The van der Waals surface area contributed by atoms with Gasteiger partial charge in [-0.2, -0.15) is 0 Å². The number of likely N-dealkylation sites (tertiary alicyclic amines) is 1. The van der Waals surface area contributed by atoms with Gasteiger partial charge in [-0.05, 0) is 54.7 Å². The second-order valence-corrected chi connectivity index (χ2v) is 6.46. The smallest absolute Gasteiger partial charge is 0.255 e. The number of nitrogens with zero attached hydrogens (tertiary/aromatic N) is 2. The van der Waals surface area contributed by atoms with Gasteiger partial charge in [-0.15, -0.1) is 0 Å². The van der Waals surface area contributed by atoms with Gasteiger partial charge in [-0.3, -0.25) is 9.78 Å². The molecule has 0 aliphatic carbocycles. The number of pyridine rings is 1. The molecule has 128 valence electrons.